The van der Waals surface area contributed by atoms with Gasteiger partial charge in [-0.15, -0.1) is 0 Å². The number of amides is 1. The summed E-state index contributed by atoms with van der Waals surface area (Å²) in [5, 5.41) is 67.6. The number of rotatable bonds is 6. The molecule has 0 aromatic heterocycles. The lowest BCUT2D eigenvalue weighted by Crippen LogP contribution is -2.68. The lowest BCUT2D eigenvalue weighted by Gasteiger charge is -2.71. The van der Waals surface area contributed by atoms with Gasteiger partial charge in [-0.1, -0.05) is 60.1 Å². The van der Waals surface area contributed by atoms with Crippen molar-refractivity contribution in [2.45, 2.75) is 180 Å². The van der Waals surface area contributed by atoms with Gasteiger partial charge >= 0.3 is 5.97 Å². The van der Waals surface area contributed by atoms with E-state index in [2.05, 4.69) is 59.9 Å². The zero-order valence-electron chi connectivity index (χ0n) is 34.8. The number of carbonyl (C=O) groups is 2. The van der Waals surface area contributed by atoms with Crippen LogP contribution >= 0.6 is 0 Å². The summed E-state index contributed by atoms with van der Waals surface area (Å²) >= 11 is 0. The second-order valence-corrected chi connectivity index (χ2v) is 21.2. The van der Waals surface area contributed by atoms with E-state index in [0.29, 0.717) is 25.2 Å². The van der Waals surface area contributed by atoms with Gasteiger partial charge in [-0.2, -0.15) is 0 Å². The monoisotopic (exact) mass is 805 g/mol. The molecule has 3 heterocycles. The first-order chi connectivity index (χ1) is 26.5. The van der Waals surface area contributed by atoms with Crippen LogP contribution in [0.15, 0.2) is 11.6 Å². The van der Waals surface area contributed by atoms with Crippen LogP contribution in [-0.4, -0.2) is 129 Å². The van der Waals surface area contributed by atoms with Gasteiger partial charge in [0, 0.05) is 18.8 Å². The van der Waals surface area contributed by atoms with Crippen LogP contribution in [0.4, 0.5) is 0 Å². The molecule has 1 amide bonds. The van der Waals surface area contributed by atoms with Crippen molar-refractivity contribution in [2.24, 2.45) is 50.2 Å². The maximum absolute atomic E-state index is 13.7. The number of aliphatic hydroxyl groups is 6. The minimum atomic E-state index is -1.55. The van der Waals surface area contributed by atoms with Gasteiger partial charge in [0.2, 0.25) is 5.91 Å². The Morgan fingerprint density at radius 2 is 1.60 bits per heavy atom. The Morgan fingerprint density at radius 1 is 0.877 bits per heavy atom. The first-order valence-electron chi connectivity index (χ1n) is 21.3. The SMILES string of the molecule is CC(=O)N[C@H]1[C@H](O[C@H]2CC[C@@]3(C)C(CC[C@]4(C)C3CC=C3[C@@H]5CC(C)(C)[C@@H]6C[C@]5(C(=O)O6)[C@H](O)C[C@]34C)C2(C)C)O[C@H](CO[C@@H]2OC[C@H](O)[C@H](O)[C@H]2O)[C@@H](O)[C@@H]1O. The predicted molar refractivity (Wildman–Crippen MR) is 203 cm³/mol. The largest absolute Gasteiger partial charge is 0.461 e. The topological polar surface area (TPSA) is 214 Å². The first-order valence-corrected chi connectivity index (χ1v) is 21.3. The van der Waals surface area contributed by atoms with Gasteiger partial charge in [-0.05, 0) is 84.4 Å². The Balaban J connectivity index is 1.03. The highest BCUT2D eigenvalue weighted by Gasteiger charge is 2.74. The third-order valence-electron chi connectivity index (χ3n) is 17.7. The van der Waals surface area contributed by atoms with Crippen LogP contribution in [0.1, 0.15) is 107 Å². The smallest absolute Gasteiger partial charge is 0.315 e. The number of carbonyl (C=O) groups excluding carboxylic acids is 2. The third-order valence-corrected chi connectivity index (χ3v) is 17.7. The molecule has 14 heteroatoms. The minimum Gasteiger partial charge on any atom is -0.461 e. The molecule has 57 heavy (non-hydrogen) atoms. The van der Waals surface area contributed by atoms with E-state index in [-0.39, 0.29) is 70.3 Å². The highest BCUT2D eigenvalue weighted by atomic mass is 16.7. The number of hydrogen-bond donors (Lipinski definition) is 7. The highest BCUT2D eigenvalue weighted by molar-refractivity contribution is 5.82. The van der Waals surface area contributed by atoms with E-state index in [4.69, 9.17) is 23.7 Å². The summed E-state index contributed by atoms with van der Waals surface area (Å²) in [5.74, 6) is -0.144. The Morgan fingerprint density at radius 3 is 2.30 bits per heavy atom. The number of nitrogens with one attached hydrogen (secondary N) is 1. The molecule has 0 radical (unpaired) electrons. The number of fused-ring (bicyclic) bond motifs is 7. The summed E-state index contributed by atoms with van der Waals surface area (Å²) in [6.07, 6.45) is -3.41. The zero-order valence-corrected chi connectivity index (χ0v) is 34.8. The highest BCUT2D eigenvalue weighted by Crippen LogP contribution is 2.76. The average molecular weight is 806 g/mol. The summed E-state index contributed by atoms with van der Waals surface area (Å²) in [4.78, 5) is 26.0. The molecule has 322 valence electrons. The third kappa shape index (κ3) is 6.00. The second kappa shape index (κ2) is 13.9. The predicted octanol–water partition coefficient (Wildman–Crippen LogP) is 2.09. The molecule has 8 aliphatic rings. The molecule has 5 aliphatic carbocycles. The standard InChI is InChI=1S/C43H67NO13/c1-20(45)44-30-33(50)32(49)24(19-54-36-34(51)31(48)23(46)18-53-36)55-35(30)56-28-12-13-40(6)25(39(28,4)5)11-14-41(7)26(40)10-9-21-22-15-38(2,3)29-17-43(22,37(52)57-29)27(47)16-42(21,41)8/h9,22-36,46-51H,10-19H2,1-8H3,(H,44,45)/t22-,23-,24+,25?,26?,27+,28-,29-,30+,31-,32+,33+,34+,35-,36-,40-,41+,42+,43+/m0/s1. The molecule has 2 bridgehead atoms. The molecule has 8 rings (SSSR count). The van der Waals surface area contributed by atoms with Gasteiger partial charge in [-0.25, -0.2) is 0 Å². The van der Waals surface area contributed by atoms with Gasteiger partial charge < -0.3 is 59.6 Å². The summed E-state index contributed by atoms with van der Waals surface area (Å²) in [6.45, 7) is 16.8. The fourth-order valence-electron chi connectivity index (χ4n) is 14.2. The summed E-state index contributed by atoms with van der Waals surface area (Å²) < 4.78 is 30.2. The Kier molecular flexibility index (Phi) is 10.2. The summed E-state index contributed by atoms with van der Waals surface area (Å²) in [5.41, 5.74) is -0.570. The molecule has 3 aliphatic heterocycles. The van der Waals surface area contributed by atoms with Crippen LogP contribution < -0.4 is 5.32 Å². The number of hydrogen-bond acceptors (Lipinski definition) is 13. The van der Waals surface area contributed by atoms with Crippen molar-refractivity contribution in [3.63, 3.8) is 0 Å². The Bertz CT molecular complexity index is 1640. The van der Waals surface area contributed by atoms with E-state index in [9.17, 15) is 40.2 Å². The Hall–Kier alpha value is -1.72. The van der Waals surface area contributed by atoms with Crippen molar-refractivity contribution in [1.82, 2.24) is 5.32 Å². The Labute approximate surface area is 336 Å². The lowest BCUT2D eigenvalue weighted by atomic mass is 9.33. The maximum Gasteiger partial charge on any atom is 0.315 e. The van der Waals surface area contributed by atoms with Crippen molar-refractivity contribution in [1.29, 1.82) is 0 Å². The molecule has 0 aromatic carbocycles. The molecular weight excluding hydrogens is 738 g/mol. The van der Waals surface area contributed by atoms with E-state index in [0.717, 1.165) is 32.1 Å². The molecule has 0 aromatic rings. The van der Waals surface area contributed by atoms with Gasteiger partial charge in [0.25, 0.3) is 0 Å². The second-order valence-electron chi connectivity index (χ2n) is 21.2. The van der Waals surface area contributed by atoms with E-state index in [1.165, 1.54) is 12.5 Å². The van der Waals surface area contributed by atoms with Crippen LogP contribution in [-0.2, 0) is 33.3 Å². The molecule has 4 saturated carbocycles. The molecule has 14 nitrogen and oxygen atoms in total. The molecule has 7 N–H and O–H groups in total. The number of allylic oxidation sites excluding steroid dienone is 2. The van der Waals surface area contributed by atoms with Gasteiger partial charge in [0.15, 0.2) is 12.6 Å². The van der Waals surface area contributed by atoms with Crippen molar-refractivity contribution in [2.75, 3.05) is 13.2 Å². The van der Waals surface area contributed by atoms with Crippen LogP contribution in [0.25, 0.3) is 0 Å². The number of esters is 1. The van der Waals surface area contributed by atoms with Crippen LogP contribution in [0, 0.1) is 50.2 Å². The minimum absolute atomic E-state index is 0.0497. The maximum atomic E-state index is 13.7. The van der Waals surface area contributed by atoms with Gasteiger partial charge in [0.1, 0.15) is 54.2 Å². The summed E-state index contributed by atoms with van der Waals surface area (Å²) in [7, 11) is 0. The fraction of sp³-hybridized carbons (Fsp3) is 0.907. The first kappa shape index (κ1) is 42.0. The van der Waals surface area contributed by atoms with Crippen LogP contribution in [0.2, 0.25) is 0 Å². The molecule has 1 spiro atoms. The molecule has 19 atom stereocenters. The quantitative estimate of drug-likeness (QED) is 0.117. The number of aliphatic hydroxyl groups excluding tert-OH is 6. The van der Waals surface area contributed by atoms with Crippen molar-refractivity contribution < 1.29 is 63.9 Å². The van der Waals surface area contributed by atoms with Crippen LogP contribution in [0.3, 0.4) is 0 Å². The summed E-state index contributed by atoms with van der Waals surface area (Å²) in [6, 6.07) is -1.08. The molecule has 2 unspecified atom stereocenters. The van der Waals surface area contributed by atoms with Crippen LogP contribution in [0.5, 0.6) is 0 Å². The van der Waals surface area contributed by atoms with E-state index in [1.54, 1.807) is 0 Å². The molecular formula is C43H67NO13. The normalized spacial score (nSPS) is 53.6. The van der Waals surface area contributed by atoms with Crippen molar-refractivity contribution >= 4 is 11.9 Å². The zero-order chi connectivity index (χ0) is 41.4. The molecule has 7 fully saturated rings. The lowest BCUT2D eigenvalue weighted by molar-refractivity contribution is -0.322. The number of ether oxygens (including phenoxy) is 5. The van der Waals surface area contributed by atoms with Crippen molar-refractivity contribution in [3.8, 4) is 0 Å². The van der Waals surface area contributed by atoms with E-state index in [1.807, 2.05) is 0 Å². The van der Waals surface area contributed by atoms with E-state index >= 15 is 0 Å². The van der Waals surface area contributed by atoms with Gasteiger partial charge in [-0.3, -0.25) is 9.59 Å². The van der Waals surface area contributed by atoms with Gasteiger partial charge in [0.05, 0.1) is 25.4 Å². The van der Waals surface area contributed by atoms with Crippen molar-refractivity contribution in [3.05, 3.63) is 11.6 Å². The average Bonchev–Trinajstić information content (AvgIpc) is 3.45. The fourth-order valence-corrected chi connectivity index (χ4v) is 14.2. The van der Waals surface area contributed by atoms with E-state index < -0.39 is 72.7 Å². The molecule has 3 saturated heterocycles.